The van der Waals surface area contributed by atoms with E-state index in [1.165, 1.54) is 11.3 Å². The van der Waals surface area contributed by atoms with E-state index in [0.29, 0.717) is 0 Å². The molecule has 0 radical (unpaired) electrons. The van der Waals surface area contributed by atoms with E-state index in [2.05, 4.69) is 28.2 Å². The number of hydrogen-bond acceptors (Lipinski definition) is 3. The van der Waals surface area contributed by atoms with Crippen LogP contribution in [0.3, 0.4) is 0 Å². The molecule has 4 nitrogen and oxygen atoms in total. The SMILES string of the molecule is Cn1ccnc1SCc1ccccc1-n1ccnc1. The van der Waals surface area contributed by atoms with E-state index in [4.69, 9.17) is 0 Å². The van der Waals surface area contributed by atoms with Crippen molar-refractivity contribution in [2.45, 2.75) is 10.9 Å². The van der Waals surface area contributed by atoms with Gasteiger partial charge in [-0.3, -0.25) is 0 Å². The van der Waals surface area contributed by atoms with Gasteiger partial charge >= 0.3 is 0 Å². The van der Waals surface area contributed by atoms with Gasteiger partial charge in [-0.25, -0.2) is 9.97 Å². The Morgan fingerprint density at radius 2 is 2.05 bits per heavy atom. The number of aryl methyl sites for hydroxylation is 1. The molecule has 0 unspecified atom stereocenters. The lowest BCUT2D eigenvalue weighted by molar-refractivity contribution is 0.790. The molecule has 0 saturated heterocycles. The summed E-state index contributed by atoms with van der Waals surface area (Å²) in [7, 11) is 2.01. The zero-order valence-electron chi connectivity index (χ0n) is 10.6. The van der Waals surface area contributed by atoms with E-state index in [1.54, 1.807) is 18.0 Å². The highest BCUT2D eigenvalue weighted by atomic mass is 32.2. The van der Waals surface area contributed by atoms with Crippen molar-refractivity contribution in [2.75, 3.05) is 0 Å². The molecule has 0 bridgehead atoms. The number of para-hydroxylation sites is 1. The highest BCUT2D eigenvalue weighted by Gasteiger charge is 2.06. The lowest BCUT2D eigenvalue weighted by Gasteiger charge is -2.09. The van der Waals surface area contributed by atoms with Gasteiger partial charge in [-0.2, -0.15) is 0 Å². The number of aromatic nitrogens is 4. The van der Waals surface area contributed by atoms with E-state index < -0.39 is 0 Å². The molecule has 0 amide bonds. The highest BCUT2D eigenvalue weighted by Crippen LogP contribution is 2.24. The summed E-state index contributed by atoms with van der Waals surface area (Å²) in [5.74, 6) is 0.888. The summed E-state index contributed by atoms with van der Waals surface area (Å²) in [6, 6.07) is 8.36. The molecule has 0 aliphatic carbocycles. The Hall–Kier alpha value is -2.01. The summed E-state index contributed by atoms with van der Waals surface area (Å²) in [6.45, 7) is 0. The summed E-state index contributed by atoms with van der Waals surface area (Å²) < 4.78 is 4.07. The Balaban J connectivity index is 1.84. The van der Waals surface area contributed by atoms with Crippen LogP contribution in [0.5, 0.6) is 0 Å². The fourth-order valence-electron chi connectivity index (χ4n) is 1.92. The summed E-state index contributed by atoms with van der Waals surface area (Å²) in [4.78, 5) is 8.43. The van der Waals surface area contributed by atoms with Gasteiger partial charge in [-0.1, -0.05) is 30.0 Å². The molecule has 0 saturated carbocycles. The second-order valence-corrected chi connectivity index (χ2v) is 5.15. The van der Waals surface area contributed by atoms with Crippen LogP contribution in [-0.2, 0) is 12.8 Å². The molecular weight excluding hydrogens is 256 g/mol. The highest BCUT2D eigenvalue weighted by molar-refractivity contribution is 7.98. The minimum absolute atomic E-state index is 0.888. The van der Waals surface area contributed by atoms with Gasteiger partial charge in [-0.05, 0) is 11.6 Å². The van der Waals surface area contributed by atoms with Gasteiger partial charge in [0.1, 0.15) is 0 Å². The minimum Gasteiger partial charge on any atom is -0.329 e. The predicted molar refractivity (Wildman–Crippen MR) is 76.3 cm³/mol. The maximum atomic E-state index is 4.33. The fraction of sp³-hybridized carbons (Fsp3) is 0.143. The standard InChI is InChI=1S/C14H14N4S/c1-17-8-7-16-14(17)19-10-12-4-2-3-5-13(12)18-9-6-15-11-18/h2-9,11H,10H2,1H3. The molecule has 0 atom stereocenters. The molecule has 2 aromatic heterocycles. The Morgan fingerprint density at radius 3 is 2.79 bits per heavy atom. The summed E-state index contributed by atoms with van der Waals surface area (Å²) in [6.07, 6.45) is 9.37. The molecule has 3 rings (SSSR count). The van der Waals surface area contributed by atoms with E-state index in [0.717, 1.165) is 10.9 Å². The van der Waals surface area contributed by atoms with E-state index in [9.17, 15) is 0 Å². The Morgan fingerprint density at radius 1 is 1.16 bits per heavy atom. The molecule has 19 heavy (non-hydrogen) atoms. The Bertz CT molecular complexity index is 658. The predicted octanol–water partition coefficient (Wildman–Crippen LogP) is 2.90. The molecule has 96 valence electrons. The zero-order chi connectivity index (χ0) is 13.1. The van der Waals surface area contributed by atoms with Crippen LogP contribution in [0.15, 0.2) is 60.5 Å². The molecule has 0 N–H and O–H groups in total. The molecule has 0 aliphatic heterocycles. The number of thioether (sulfide) groups is 1. The van der Waals surface area contributed by atoms with Crippen molar-refractivity contribution >= 4 is 11.8 Å². The van der Waals surface area contributed by atoms with Crippen molar-refractivity contribution < 1.29 is 0 Å². The van der Waals surface area contributed by atoms with Crippen LogP contribution < -0.4 is 0 Å². The number of nitrogens with zero attached hydrogens (tertiary/aromatic N) is 4. The third-order valence-electron chi connectivity index (χ3n) is 2.91. The van der Waals surface area contributed by atoms with Crippen molar-refractivity contribution in [1.29, 1.82) is 0 Å². The van der Waals surface area contributed by atoms with Crippen molar-refractivity contribution in [3.63, 3.8) is 0 Å². The third-order valence-corrected chi connectivity index (χ3v) is 4.01. The smallest absolute Gasteiger partial charge is 0.167 e. The van der Waals surface area contributed by atoms with Crippen LogP contribution in [0.2, 0.25) is 0 Å². The van der Waals surface area contributed by atoms with Gasteiger partial charge in [0.15, 0.2) is 5.16 Å². The number of benzene rings is 1. The van der Waals surface area contributed by atoms with Crippen molar-refractivity contribution in [3.05, 3.63) is 60.9 Å². The van der Waals surface area contributed by atoms with Crippen LogP contribution in [0.1, 0.15) is 5.56 Å². The van der Waals surface area contributed by atoms with Gasteiger partial charge in [0.25, 0.3) is 0 Å². The van der Waals surface area contributed by atoms with E-state index >= 15 is 0 Å². The number of hydrogen-bond donors (Lipinski definition) is 0. The van der Waals surface area contributed by atoms with Gasteiger partial charge < -0.3 is 9.13 Å². The van der Waals surface area contributed by atoms with Crippen molar-refractivity contribution in [3.8, 4) is 5.69 Å². The first kappa shape index (κ1) is 12.0. The zero-order valence-corrected chi connectivity index (χ0v) is 11.4. The van der Waals surface area contributed by atoms with E-state index in [1.807, 2.05) is 47.2 Å². The molecule has 3 aromatic rings. The van der Waals surface area contributed by atoms with Gasteiger partial charge in [0, 0.05) is 37.6 Å². The first-order valence-electron chi connectivity index (χ1n) is 6.01. The van der Waals surface area contributed by atoms with Crippen molar-refractivity contribution in [2.24, 2.45) is 7.05 Å². The molecule has 1 aromatic carbocycles. The minimum atomic E-state index is 0.888. The fourth-order valence-corrected chi connectivity index (χ4v) is 2.85. The normalized spacial score (nSPS) is 10.8. The van der Waals surface area contributed by atoms with Gasteiger partial charge in [0.05, 0.1) is 12.0 Å². The third kappa shape index (κ3) is 2.56. The van der Waals surface area contributed by atoms with Gasteiger partial charge in [0.2, 0.25) is 0 Å². The summed E-state index contributed by atoms with van der Waals surface area (Å²) in [5.41, 5.74) is 2.44. The first-order valence-corrected chi connectivity index (χ1v) is 6.99. The number of imidazole rings is 2. The van der Waals surface area contributed by atoms with E-state index in [-0.39, 0.29) is 0 Å². The topological polar surface area (TPSA) is 35.6 Å². The molecule has 0 aliphatic rings. The van der Waals surface area contributed by atoms with Crippen LogP contribution in [0.25, 0.3) is 5.69 Å². The molecule has 2 heterocycles. The monoisotopic (exact) mass is 270 g/mol. The molecule has 0 fully saturated rings. The first-order chi connectivity index (χ1) is 9.34. The lowest BCUT2D eigenvalue weighted by atomic mass is 10.2. The Labute approximate surface area is 116 Å². The van der Waals surface area contributed by atoms with Crippen molar-refractivity contribution in [1.82, 2.24) is 19.1 Å². The average molecular weight is 270 g/mol. The largest absolute Gasteiger partial charge is 0.329 e. The maximum Gasteiger partial charge on any atom is 0.167 e. The average Bonchev–Trinajstić information content (AvgIpc) is 3.08. The molecular formula is C14H14N4S. The second kappa shape index (κ2) is 5.32. The van der Waals surface area contributed by atoms with Gasteiger partial charge in [-0.15, -0.1) is 0 Å². The van der Waals surface area contributed by atoms with Crippen LogP contribution >= 0.6 is 11.8 Å². The summed E-state index contributed by atoms with van der Waals surface area (Å²) in [5, 5.41) is 1.03. The molecule has 5 heteroatoms. The molecule has 0 spiro atoms. The summed E-state index contributed by atoms with van der Waals surface area (Å²) >= 11 is 1.74. The van der Waals surface area contributed by atoms with Crippen LogP contribution in [-0.4, -0.2) is 19.1 Å². The maximum absolute atomic E-state index is 4.33. The lowest BCUT2D eigenvalue weighted by Crippen LogP contribution is -1.97. The van der Waals surface area contributed by atoms with Crippen LogP contribution in [0, 0.1) is 0 Å². The van der Waals surface area contributed by atoms with Crippen LogP contribution in [0.4, 0.5) is 0 Å². The second-order valence-electron chi connectivity index (χ2n) is 4.21. The number of rotatable bonds is 4. The Kier molecular flexibility index (Phi) is 3.37. The quantitative estimate of drug-likeness (QED) is 0.684.